The summed E-state index contributed by atoms with van der Waals surface area (Å²) in [5, 5.41) is 0.314. The number of esters is 1. The highest BCUT2D eigenvalue weighted by Gasteiger charge is 2.14. The van der Waals surface area contributed by atoms with Gasteiger partial charge in [0.25, 0.3) is 0 Å². The van der Waals surface area contributed by atoms with Crippen molar-refractivity contribution in [2.75, 3.05) is 12.8 Å². The van der Waals surface area contributed by atoms with Gasteiger partial charge in [-0.1, -0.05) is 11.6 Å². The van der Waals surface area contributed by atoms with Gasteiger partial charge < -0.3 is 15.2 Å². The summed E-state index contributed by atoms with van der Waals surface area (Å²) < 4.78 is 23.5. The maximum absolute atomic E-state index is 13.5. The van der Waals surface area contributed by atoms with Crippen molar-refractivity contribution in [2.24, 2.45) is 0 Å². The van der Waals surface area contributed by atoms with Gasteiger partial charge in [0.15, 0.2) is 0 Å². The first-order chi connectivity index (χ1) is 9.51. The molecule has 0 saturated carbocycles. The van der Waals surface area contributed by atoms with Crippen LogP contribution in [0.3, 0.4) is 0 Å². The van der Waals surface area contributed by atoms with Crippen molar-refractivity contribution in [3.05, 3.63) is 52.8 Å². The molecular weight excluding hydrogens is 285 g/mol. The minimum absolute atomic E-state index is 0.212. The Morgan fingerprint density at radius 1 is 1.25 bits per heavy atom. The van der Waals surface area contributed by atoms with Gasteiger partial charge in [0.2, 0.25) is 0 Å². The molecule has 0 fully saturated rings. The number of nitrogens with two attached hydrogens (primary N) is 1. The van der Waals surface area contributed by atoms with Gasteiger partial charge in [0.05, 0.1) is 17.7 Å². The second kappa shape index (κ2) is 5.79. The smallest absolute Gasteiger partial charge is 0.340 e. The Morgan fingerprint density at radius 3 is 2.65 bits per heavy atom. The third-order valence-electron chi connectivity index (χ3n) is 2.53. The summed E-state index contributed by atoms with van der Waals surface area (Å²) in [4.78, 5) is 11.4. The molecule has 0 bridgehead atoms. The summed E-state index contributed by atoms with van der Waals surface area (Å²) >= 11 is 5.97. The van der Waals surface area contributed by atoms with E-state index in [0.29, 0.717) is 16.5 Å². The van der Waals surface area contributed by atoms with Crippen molar-refractivity contribution < 1.29 is 18.7 Å². The van der Waals surface area contributed by atoms with Crippen molar-refractivity contribution in [3.63, 3.8) is 0 Å². The summed E-state index contributed by atoms with van der Waals surface area (Å²) in [5.41, 5.74) is 5.86. The molecule has 2 aromatic rings. The molecule has 0 heterocycles. The van der Waals surface area contributed by atoms with Crippen LogP contribution in [0.2, 0.25) is 5.02 Å². The lowest BCUT2D eigenvalue weighted by molar-refractivity contribution is 0.0595. The third-order valence-corrected chi connectivity index (χ3v) is 2.82. The Labute approximate surface area is 119 Å². The molecule has 2 rings (SSSR count). The zero-order valence-corrected chi connectivity index (χ0v) is 11.3. The number of hydrogen-bond donors (Lipinski definition) is 1. The number of nitrogen functional groups attached to an aromatic ring is 1. The normalized spacial score (nSPS) is 10.2. The molecule has 0 aliphatic carbocycles. The second-order valence-electron chi connectivity index (χ2n) is 3.93. The third kappa shape index (κ3) is 3.00. The number of carbonyl (C=O) groups is 1. The van der Waals surface area contributed by atoms with Crippen LogP contribution in [0.15, 0.2) is 36.4 Å². The van der Waals surface area contributed by atoms with Crippen LogP contribution in [0, 0.1) is 5.82 Å². The summed E-state index contributed by atoms with van der Waals surface area (Å²) in [5.74, 6) is -0.856. The first-order valence-electron chi connectivity index (χ1n) is 5.62. The van der Waals surface area contributed by atoms with Gasteiger partial charge in [-0.3, -0.25) is 0 Å². The molecule has 0 aliphatic rings. The molecule has 0 amide bonds. The van der Waals surface area contributed by atoms with E-state index in [-0.39, 0.29) is 11.3 Å². The zero-order valence-electron chi connectivity index (χ0n) is 10.5. The first kappa shape index (κ1) is 14.1. The van der Waals surface area contributed by atoms with E-state index in [9.17, 15) is 9.18 Å². The molecule has 104 valence electrons. The van der Waals surface area contributed by atoms with Crippen LogP contribution in [0.5, 0.6) is 11.5 Å². The van der Waals surface area contributed by atoms with Gasteiger partial charge in [0.1, 0.15) is 17.3 Å². The largest absolute Gasteiger partial charge is 0.465 e. The Balaban J connectivity index is 2.32. The van der Waals surface area contributed by atoms with Crippen LogP contribution in [0.25, 0.3) is 0 Å². The fourth-order valence-corrected chi connectivity index (χ4v) is 1.79. The van der Waals surface area contributed by atoms with Crippen LogP contribution in [-0.4, -0.2) is 13.1 Å². The Hall–Kier alpha value is -2.27. The summed E-state index contributed by atoms with van der Waals surface area (Å²) in [6, 6.07) is 8.47. The predicted molar refractivity (Wildman–Crippen MR) is 73.7 cm³/mol. The maximum atomic E-state index is 13.5. The molecule has 0 aromatic heterocycles. The van der Waals surface area contributed by atoms with Crippen LogP contribution in [0.4, 0.5) is 10.1 Å². The van der Waals surface area contributed by atoms with E-state index in [1.807, 2.05) is 0 Å². The minimum atomic E-state index is -0.781. The van der Waals surface area contributed by atoms with E-state index in [1.54, 1.807) is 12.1 Å². The van der Waals surface area contributed by atoms with Gasteiger partial charge in [-0.25, -0.2) is 9.18 Å². The van der Waals surface area contributed by atoms with E-state index in [4.69, 9.17) is 22.1 Å². The Morgan fingerprint density at radius 2 is 2.00 bits per heavy atom. The predicted octanol–water partition coefficient (Wildman–Crippen LogP) is 3.64. The molecule has 0 atom stereocenters. The van der Waals surface area contributed by atoms with Crippen molar-refractivity contribution in [2.45, 2.75) is 0 Å². The van der Waals surface area contributed by atoms with Crippen molar-refractivity contribution in [1.29, 1.82) is 0 Å². The Bertz CT molecular complexity index is 661. The SMILES string of the molecule is COC(=O)c1cc(Oc2ccc(N)cc2Cl)ccc1F. The van der Waals surface area contributed by atoms with E-state index >= 15 is 0 Å². The van der Waals surface area contributed by atoms with E-state index < -0.39 is 11.8 Å². The molecule has 2 aromatic carbocycles. The summed E-state index contributed by atoms with van der Waals surface area (Å²) in [6.45, 7) is 0. The number of anilines is 1. The maximum Gasteiger partial charge on any atom is 0.340 e. The number of methoxy groups -OCH3 is 1. The van der Waals surface area contributed by atoms with Crippen LogP contribution in [-0.2, 0) is 4.74 Å². The molecular formula is C14H11ClFNO3. The van der Waals surface area contributed by atoms with Gasteiger partial charge in [0, 0.05) is 5.69 Å². The van der Waals surface area contributed by atoms with E-state index in [1.165, 1.54) is 25.3 Å². The molecule has 0 saturated heterocycles. The number of halogens is 2. The van der Waals surface area contributed by atoms with Crippen molar-refractivity contribution in [3.8, 4) is 11.5 Å². The fourth-order valence-electron chi connectivity index (χ4n) is 1.56. The minimum Gasteiger partial charge on any atom is -0.465 e. The van der Waals surface area contributed by atoms with Crippen LogP contribution < -0.4 is 10.5 Å². The highest BCUT2D eigenvalue weighted by atomic mass is 35.5. The number of hydrogen-bond acceptors (Lipinski definition) is 4. The number of rotatable bonds is 3. The standard InChI is InChI=1S/C14H11ClFNO3/c1-19-14(18)10-7-9(3-4-12(10)16)20-13-5-2-8(17)6-11(13)15/h2-7H,17H2,1H3. The molecule has 6 heteroatoms. The number of benzene rings is 2. The summed E-state index contributed by atoms with van der Waals surface area (Å²) in [7, 11) is 1.17. The van der Waals surface area contributed by atoms with Crippen LogP contribution in [0.1, 0.15) is 10.4 Å². The second-order valence-corrected chi connectivity index (χ2v) is 4.33. The van der Waals surface area contributed by atoms with E-state index in [2.05, 4.69) is 4.74 Å². The van der Waals surface area contributed by atoms with Gasteiger partial charge in [-0.2, -0.15) is 0 Å². The van der Waals surface area contributed by atoms with E-state index in [0.717, 1.165) is 6.07 Å². The van der Waals surface area contributed by atoms with Gasteiger partial charge in [-0.05, 0) is 36.4 Å². The van der Waals surface area contributed by atoms with Gasteiger partial charge in [-0.15, -0.1) is 0 Å². The lowest BCUT2D eigenvalue weighted by Gasteiger charge is -2.09. The van der Waals surface area contributed by atoms with Gasteiger partial charge >= 0.3 is 5.97 Å². The molecule has 4 nitrogen and oxygen atoms in total. The molecule has 0 unspecified atom stereocenters. The zero-order chi connectivity index (χ0) is 14.7. The van der Waals surface area contributed by atoms with Crippen molar-refractivity contribution >= 4 is 23.3 Å². The highest BCUT2D eigenvalue weighted by molar-refractivity contribution is 6.32. The lowest BCUT2D eigenvalue weighted by Crippen LogP contribution is -2.04. The quantitative estimate of drug-likeness (QED) is 0.693. The molecule has 0 spiro atoms. The molecule has 0 aliphatic heterocycles. The fraction of sp³-hybridized carbons (Fsp3) is 0.0714. The average molecular weight is 296 g/mol. The Kier molecular flexibility index (Phi) is 4.10. The average Bonchev–Trinajstić information content (AvgIpc) is 2.43. The molecule has 20 heavy (non-hydrogen) atoms. The number of ether oxygens (including phenoxy) is 2. The summed E-state index contributed by atoms with van der Waals surface area (Å²) in [6.07, 6.45) is 0. The molecule has 0 radical (unpaired) electrons. The first-order valence-corrected chi connectivity index (χ1v) is 6.00. The topological polar surface area (TPSA) is 61.5 Å². The van der Waals surface area contributed by atoms with Crippen LogP contribution >= 0.6 is 11.6 Å². The lowest BCUT2D eigenvalue weighted by atomic mass is 10.2. The highest BCUT2D eigenvalue weighted by Crippen LogP contribution is 2.31. The monoisotopic (exact) mass is 295 g/mol. The van der Waals surface area contributed by atoms with Crippen molar-refractivity contribution in [1.82, 2.24) is 0 Å². The number of carbonyl (C=O) groups excluding carboxylic acids is 1. The molecule has 2 N–H and O–H groups in total.